The Morgan fingerprint density at radius 1 is 1.53 bits per heavy atom. The molecule has 0 saturated carbocycles. The van der Waals surface area contributed by atoms with E-state index in [0.29, 0.717) is 13.2 Å². The summed E-state index contributed by atoms with van der Waals surface area (Å²) in [6.45, 7) is 6.21. The Balaban J connectivity index is 2.07. The zero-order valence-corrected chi connectivity index (χ0v) is 11.6. The van der Waals surface area contributed by atoms with E-state index < -0.39 is 5.97 Å². The summed E-state index contributed by atoms with van der Waals surface area (Å²) in [5.41, 5.74) is 2.25. The second-order valence-corrected chi connectivity index (χ2v) is 5.00. The van der Waals surface area contributed by atoms with E-state index in [4.69, 9.17) is 9.84 Å². The van der Waals surface area contributed by atoms with Crippen molar-refractivity contribution in [3.05, 3.63) is 29.3 Å². The molecule has 19 heavy (non-hydrogen) atoms. The maximum absolute atomic E-state index is 11.1. The van der Waals surface area contributed by atoms with Crippen LogP contribution in [-0.4, -0.2) is 35.2 Å². The Morgan fingerprint density at radius 3 is 2.95 bits per heavy atom. The first-order valence-corrected chi connectivity index (χ1v) is 6.81. The normalized spacial score (nSPS) is 19.6. The Morgan fingerprint density at radius 2 is 2.32 bits per heavy atom. The third kappa shape index (κ3) is 3.26. The van der Waals surface area contributed by atoms with Crippen molar-refractivity contribution in [2.24, 2.45) is 0 Å². The summed E-state index contributed by atoms with van der Waals surface area (Å²) in [5.74, 6) is 0.197. The van der Waals surface area contributed by atoms with E-state index in [-0.39, 0.29) is 6.04 Å². The molecule has 1 N–H and O–H groups in total. The number of rotatable bonds is 5. The van der Waals surface area contributed by atoms with Gasteiger partial charge in [0.2, 0.25) is 0 Å². The molecule has 0 radical (unpaired) electrons. The standard InChI is InChI=1S/C15H21NO3/c1-3-19-14-7-6-12(9-11(14)2)10-16-8-4-5-13(16)15(17)18/h6-7,9,13H,3-5,8,10H2,1-2H3,(H,17,18). The minimum atomic E-state index is -0.708. The minimum Gasteiger partial charge on any atom is -0.494 e. The number of carboxylic acid groups (broad SMARTS) is 1. The summed E-state index contributed by atoms with van der Waals surface area (Å²) < 4.78 is 5.51. The van der Waals surface area contributed by atoms with Crippen molar-refractivity contribution < 1.29 is 14.6 Å². The van der Waals surface area contributed by atoms with Crippen molar-refractivity contribution in [3.8, 4) is 5.75 Å². The molecular formula is C15H21NO3. The number of hydrogen-bond acceptors (Lipinski definition) is 3. The van der Waals surface area contributed by atoms with E-state index in [1.54, 1.807) is 0 Å². The topological polar surface area (TPSA) is 49.8 Å². The first-order chi connectivity index (χ1) is 9.11. The molecular weight excluding hydrogens is 242 g/mol. The number of carbonyl (C=O) groups is 1. The quantitative estimate of drug-likeness (QED) is 0.886. The summed E-state index contributed by atoms with van der Waals surface area (Å²) in [5, 5.41) is 9.17. The van der Waals surface area contributed by atoms with Gasteiger partial charge in [0, 0.05) is 6.54 Å². The minimum absolute atomic E-state index is 0.327. The molecule has 1 unspecified atom stereocenters. The van der Waals surface area contributed by atoms with Crippen LogP contribution in [0.3, 0.4) is 0 Å². The highest BCUT2D eigenvalue weighted by Gasteiger charge is 2.30. The number of benzene rings is 1. The van der Waals surface area contributed by atoms with Crippen molar-refractivity contribution in [2.45, 2.75) is 39.3 Å². The molecule has 0 aromatic heterocycles. The number of aliphatic carboxylic acids is 1. The lowest BCUT2D eigenvalue weighted by Crippen LogP contribution is -2.35. The van der Waals surface area contributed by atoms with Gasteiger partial charge in [-0.25, -0.2) is 0 Å². The SMILES string of the molecule is CCOc1ccc(CN2CCCC2C(=O)O)cc1C. The summed E-state index contributed by atoms with van der Waals surface area (Å²) in [6.07, 6.45) is 1.72. The number of hydrogen-bond donors (Lipinski definition) is 1. The largest absolute Gasteiger partial charge is 0.494 e. The second kappa shape index (κ2) is 6.06. The van der Waals surface area contributed by atoms with E-state index in [1.807, 2.05) is 30.9 Å². The molecule has 1 atom stereocenters. The highest BCUT2D eigenvalue weighted by atomic mass is 16.5. The lowest BCUT2D eigenvalue weighted by Gasteiger charge is -2.21. The monoisotopic (exact) mass is 263 g/mol. The van der Waals surface area contributed by atoms with Crippen LogP contribution in [0.2, 0.25) is 0 Å². The molecule has 1 aromatic carbocycles. The van der Waals surface area contributed by atoms with Gasteiger partial charge in [-0.15, -0.1) is 0 Å². The van der Waals surface area contributed by atoms with Crippen molar-refractivity contribution in [3.63, 3.8) is 0 Å². The first-order valence-electron chi connectivity index (χ1n) is 6.81. The highest BCUT2D eigenvalue weighted by molar-refractivity contribution is 5.73. The lowest BCUT2D eigenvalue weighted by molar-refractivity contribution is -0.142. The smallest absolute Gasteiger partial charge is 0.320 e. The number of aryl methyl sites for hydroxylation is 1. The number of carboxylic acids is 1. The van der Waals surface area contributed by atoms with Crippen molar-refractivity contribution >= 4 is 5.97 Å². The van der Waals surface area contributed by atoms with Crippen LogP contribution in [0.1, 0.15) is 30.9 Å². The van der Waals surface area contributed by atoms with Gasteiger partial charge in [0.05, 0.1) is 6.61 Å². The molecule has 1 fully saturated rings. The second-order valence-electron chi connectivity index (χ2n) is 5.00. The molecule has 4 heteroatoms. The van der Waals surface area contributed by atoms with Gasteiger partial charge in [-0.05, 0) is 50.4 Å². The van der Waals surface area contributed by atoms with Gasteiger partial charge < -0.3 is 9.84 Å². The van der Waals surface area contributed by atoms with E-state index in [2.05, 4.69) is 6.07 Å². The van der Waals surface area contributed by atoms with Gasteiger partial charge in [-0.2, -0.15) is 0 Å². The summed E-state index contributed by atoms with van der Waals surface area (Å²) in [4.78, 5) is 13.2. The average Bonchev–Trinajstić information content (AvgIpc) is 2.81. The molecule has 104 valence electrons. The molecule has 1 aliphatic rings. The van der Waals surface area contributed by atoms with Crippen LogP contribution in [0.15, 0.2) is 18.2 Å². The van der Waals surface area contributed by atoms with Crippen LogP contribution in [0, 0.1) is 6.92 Å². The maximum Gasteiger partial charge on any atom is 0.320 e. The van der Waals surface area contributed by atoms with Crippen molar-refractivity contribution in [1.82, 2.24) is 4.90 Å². The molecule has 1 aromatic rings. The van der Waals surface area contributed by atoms with E-state index >= 15 is 0 Å². The predicted octanol–water partition coefficient (Wildman–Crippen LogP) is 2.44. The van der Waals surface area contributed by atoms with Crippen LogP contribution in [0.5, 0.6) is 5.75 Å². The summed E-state index contributed by atoms with van der Waals surface area (Å²) >= 11 is 0. The zero-order valence-electron chi connectivity index (χ0n) is 11.6. The zero-order chi connectivity index (χ0) is 13.8. The van der Waals surface area contributed by atoms with Gasteiger partial charge in [0.25, 0.3) is 0 Å². The fourth-order valence-electron chi connectivity index (χ4n) is 2.66. The average molecular weight is 263 g/mol. The number of nitrogens with zero attached hydrogens (tertiary/aromatic N) is 1. The van der Waals surface area contributed by atoms with E-state index in [9.17, 15) is 4.79 Å². The molecule has 1 saturated heterocycles. The van der Waals surface area contributed by atoms with Crippen LogP contribution >= 0.6 is 0 Å². The van der Waals surface area contributed by atoms with Crippen LogP contribution in [0.25, 0.3) is 0 Å². The highest BCUT2D eigenvalue weighted by Crippen LogP contribution is 2.23. The fraction of sp³-hybridized carbons (Fsp3) is 0.533. The third-order valence-corrected chi connectivity index (χ3v) is 3.57. The molecule has 4 nitrogen and oxygen atoms in total. The first kappa shape index (κ1) is 13.9. The van der Waals surface area contributed by atoms with Gasteiger partial charge in [0.1, 0.15) is 11.8 Å². The molecule has 0 aliphatic carbocycles. The van der Waals surface area contributed by atoms with E-state index in [0.717, 1.165) is 36.3 Å². The predicted molar refractivity (Wildman–Crippen MR) is 73.4 cm³/mol. The lowest BCUT2D eigenvalue weighted by atomic mass is 10.1. The molecule has 0 bridgehead atoms. The van der Waals surface area contributed by atoms with Crippen molar-refractivity contribution in [2.75, 3.05) is 13.2 Å². The van der Waals surface area contributed by atoms with Crippen LogP contribution in [0.4, 0.5) is 0 Å². The molecule has 1 heterocycles. The third-order valence-electron chi connectivity index (χ3n) is 3.57. The molecule has 2 rings (SSSR count). The molecule has 0 amide bonds. The Labute approximate surface area is 114 Å². The maximum atomic E-state index is 11.1. The number of ether oxygens (including phenoxy) is 1. The van der Waals surface area contributed by atoms with Crippen molar-refractivity contribution in [1.29, 1.82) is 0 Å². The fourth-order valence-corrected chi connectivity index (χ4v) is 2.66. The Hall–Kier alpha value is -1.55. The van der Waals surface area contributed by atoms with Gasteiger partial charge in [-0.1, -0.05) is 12.1 Å². The van der Waals surface area contributed by atoms with Crippen LogP contribution < -0.4 is 4.74 Å². The number of likely N-dealkylation sites (tertiary alicyclic amines) is 1. The molecule has 0 spiro atoms. The van der Waals surface area contributed by atoms with E-state index in [1.165, 1.54) is 0 Å². The summed E-state index contributed by atoms with van der Waals surface area (Å²) in [7, 11) is 0. The van der Waals surface area contributed by atoms with Gasteiger partial charge >= 0.3 is 5.97 Å². The Kier molecular flexibility index (Phi) is 4.43. The van der Waals surface area contributed by atoms with Gasteiger partial charge in [0.15, 0.2) is 0 Å². The Bertz CT molecular complexity index is 459. The summed E-state index contributed by atoms with van der Waals surface area (Å²) in [6, 6.07) is 5.75. The van der Waals surface area contributed by atoms with Gasteiger partial charge in [-0.3, -0.25) is 9.69 Å². The molecule has 1 aliphatic heterocycles. The van der Waals surface area contributed by atoms with Crippen LogP contribution in [-0.2, 0) is 11.3 Å².